The van der Waals surface area contributed by atoms with Crippen molar-refractivity contribution in [1.29, 1.82) is 0 Å². The highest BCUT2D eigenvalue weighted by Gasteiger charge is 2.26. The van der Waals surface area contributed by atoms with Crippen LogP contribution in [0.1, 0.15) is 18.5 Å². The number of carbonyl (C=O) groups excluding carboxylic acids is 1. The summed E-state index contributed by atoms with van der Waals surface area (Å²) in [5.74, 6) is -1.10. The Bertz CT molecular complexity index is 666. The molecule has 0 aliphatic carbocycles. The standard InChI is InChI=1S/C15H15NO4/c1-9(17)16-14(15(18)19)13-11-6-4-3-5-10(11)7-8-12(13)20-2/h3-8,14H,1-2H3,(H,16,17)(H,18,19). The highest BCUT2D eigenvalue weighted by Crippen LogP contribution is 2.33. The number of fused-ring (bicyclic) bond motifs is 1. The molecule has 0 radical (unpaired) electrons. The van der Waals surface area contributed by atoms with Crippen molar-refractivity contribution in [2.45, 2.75) is 13.0 Å². The van der Waals surface area contributed by atoms with E-state index < -0.39 is 17.9 Å². The lowest BCUT2D eigenvalue weighted by atomic mass is 9.97. The molecular weight excluding hydrogens is 258 g/mol. The summed E-state index contributed by atoms with van der Waals surface area (Å²) in [6, 6.07) is 9.79. The predicted molar refractivity (Wildman–Crippen MR) is 74.7 cm³/mol. The van der Waals surface area contributed by atoms with Gasteiger partial charge in [0.25, 0.3) is 0 Å². The van der Waals surface area contributed by atoms with Crippen LogP contribution in [-0.2, 0) is 9.59 Å². The van der Waals surface area contributed by atoms with Gasteiger partial charge in [0.1, 0.15) is 5.75 Å². The van der Waals surface area contributed by atoms with E-state index in [0.29, 0.717) is 11.3 Å². The highest BCUT2D eigenvalue weighted by molar-refractivity contribution is 5.94. The van der Waals surface area contributed by atoms with E-state index in [9.17, 15) is 14.7 Å². The first-order chi connectivity index (χ1) is 9.54. The molecule has 2 rings (SSSR count). The van der Waals surface area contributed by atoms with Crippen molar-refractivity contribution in [2.24, 2.45) is 0 Å². The molecule has 2 aromatic rings. The topological polar surface area (TPSA) is 75.6 Å². The molecule has 20 heavy (non-hydrogen) atoms. The minimum Gasteiger partial charge on any atom is -0.496 e. The molecule has 5 heteroatoms. The van der Waals surface area contributed by atoms with Gasteiger partial charge < -0.3 is 15.2 Å². The third kappa shape index (κ3) is 2.56. The van der Waals surface area contributed by atoms with Crippen molar-refractivity contribution in [3.05, 3.63) is 42.0 Å². The van der Waals surface area contributed by atoms with E-state index in [1.165, 1.54) is 14.0 Å². The van der Waals surface area contributed by atoms with Crippen LogP contribution in [0.5, 0.6) is 5.75 Å². The van der Waals surface area contributed by atoms with E-state index >= 15 is 0 Å². The average molecular weight is 273 g/mol. The summed E-state index contributed by atoms with van der Waals surface area (Å²) in [5, 5.41) is 13.5. The maximum Gasteiger partial charge on any atom is 0.331 e. The fourth-order valence-electron chi connectivity index (χ4n) is 2.21. The first-order valence-corrected chi connectivity index (χ1v) is 6.10. The van der Waals surface area contributed by atoms with Crippen LogP contribution in [0.15, 0.2) is 36.4 Å². The molecule has 0 aromatic heterocycles. The summed E-state index contributed by atoms with van der Waals surface area (Å²) in [6.45, 7) is 1.29. The van der Waals surface area contributed by atoms with Gasteiger partial charge in [-0.1, -0.05) is 30.3 Å². The van der Waals surface area contributed by atoms with Crippen LogP contribution >= 0.6 is 0 Å². The maximum atomic E-state index is 11.5. The average Bonchev–Trinajstić information content (AvgIpc) is 2.43. The summed E-state index contributed by atoms with van der Waals surface area (Å²) in [4.78, 5) is 22.7. The molecule has 1 amide bonds. The van der Waals surface area contributed by atoms with Gasteiger partial charge in [-0.2, -0.15) is 0 Å². The van der Waals surface area contributed by atoms with E-state index in [-0.39, 0.29) is 0 Å². The molecule has 0 fully saturated rings. The van der Waals surface area contributed by atoms with Crippen LogP contribution in [-0.4, -0.2) is 24.1 Å². The van der Waals surface area contributed by atoms with E-state index in [1.807, 2.05) is 30.3 Å². The zero-order chi connectivity index (χ0) is 14.7. The largest absolute Gasteiger partial charge is 0.496 e. The molecule has 2 aromatic carbocycles. The van der Waals surface area contributed by atoms with E-state index in [0.717, 1.165) is 10.8 Å². The number of ether oxygens (including phenoxy) is 1. The number of nitrogens with one attached hydrogen (secondary N) is 1. The summed E-state index contributed by atoms with van der Waals surface area (Å²) < 4.78 is 5.25. The van der Waals surface area contributed by atoms with Gasteiger partial charge in [-0.3, -0.25) is 4.79 Å². The molecule has 0 saturated heterocycles. The molecule has 0 saturated carbocycles. The van der Waals surface area contributed by atoms with Crippen LogP contribution in [0.25, 0.3) is 10.8 Å². The molecule has 0 heterocycles. The van der Waals surface area contributed by atoms with Gasteiger partial charge in [-0.25, -0.2) is 4.79 Å². The molecule has 1 atom stereocenters. The molecule has 0 aliphatic rings. The summed E-state index contributed by atoms with van der Waals surface area (Å²) in [6.07, 6.45) is 0. The van der Waals surface area contributed by atoms with E-state index in [4.69, 9.17) is 4.74 Å². The molecule has 5 nitrogen and oxygen atoms in total. The third-order valence-electron chi connectivity index (χ3n) is 3.03. The van der Waals surface area contributed by atoms with Crippen molar-refractivity contribution in [3.63, 3.8) is 0 Å². The van der Waals surface area contributed by atoms with Crippen molar-refractivity contribution in [3.8, 4) is 5.75 Å². The molecule has 1 unspecified atom stereocenters. The molecule has 0 spiro atoms. The Morgan fingerprint density at radius 1 is 1.20 bits per heavy atom. The Balaban J connectivity index is 2.70. The van der Waals surface area contributed by atoms with Gasteiger partial charge in [0, 0.05) is 12.5 Å². The third-order valence-corrected chi connectivity index (χ3v) is 3.03. The number of hydrogen-bond donors (Lipinski definition) is 2. The lowest BCUT2D eigenvalue weighted by Gasteiger charge is -2.19. The maximum absolute atomic E-state index is 11.5. The van der Waals surface area contributed by atoms with Crippen LogP contribution in [0.2, 0.25) is 0 Å². The number of amides is 1. The molecule has 0 bridgehead atoms. The Morgan fingerprint density at radius 3 is 2.50 bits per heavy atom. The van der Waals surface area contributed by atoms with Gasteiger partial charge in [0.15, 0.2) is 6.04 Å². The molecule has 0 aliphatic heterocycles. The summed E-state index contributed by atoms with van der Waals surface area (Å²) in [7, 11) is 1.47. The van der Waals surface area contributed by atoms with Crippen molar-refractivity contribution in [1.82, 2.24) is 5.32 Å². The van der Waals surface area contributed by atoms with Gasteiger partial charge in [-0.05, 0) is 16.8 Å². The highest BCUT2D eigenvalue weighted by atomic mass is 16.5. The Labute approximate surface area is 116 Å². The monoisotopic (exact) mass is 273 g/mol. The zero-order valence-corrected chi connectivity index (χ0v) is 11.2. The van der Waals surface area contributed by atoms with Gasteiger partial charge >= 0.3 is 5.97 Å². The van der Waals surface area contributed by atoms with Gasteiger partial charge in [0.2, 0.25) is 5.91 Å². The Morgan fingerprint density at radius 2 is 1.90 bits per heavy atom. The second kappa shape index (κ2) is 5.61. The Kier molecular flexibility index (Phi) is 3.89. The SMILES string of the molecule is COc1ccc2ccccc2c1C(NC(C)=O)C(=O)O. The van der Waals surface area contributed by atoms with Gasteiger partial charge in [0.05, 0.1) is 7.11 Å². The normalized spacial score (nSPS) is 11.9. The number of rotatable bonds is 4. The first kappa shape index (κ1) is 13.9. The van der Waals surface area contributed by atoms with Crippen molar-refractivity contribution >= 4 is 22.6 Å². The fraction of sp³-hybridized carbons (Fsp3) is 0.200. The van der Waals surface area contributed by atoms with E-state index in [1.54, 1.807) is 6.07 Å². The number of methoxy groups -OCH3 is 1. The molecule has 2 N–H and O–H groups in total. The van der Waals surface area contributed by atoms with Crippen molar-refractivity contribution in [2.75, 3.05) is 7.11 Å². The van der Waals surface area contributed by atoms with Crippen LogP contribution in [0.3, 0.4) is 0 Å². The second-order valence-electron chi connectivity index (χ2n) is 4.37. The fourth-order valence-corrected chi connectivity index (χ4v) is 2.21. The zero-order valence-electron chi connectivity index (χ0n) is 11.2. The summed E-state index contributed by atoms with van der Waals surface area (Å²) in [5.41, 5.74) is 0.452. The number of hydrogen-bond acceptors (Lipinski definition) is 3. The number of carboxylic acids is 1. The minimum atomic E-state index is -1.14. The lowest BCUT2D eigenvalue weighted by Crippen LogP contribution is -2.32. The lowest BCUT2D eigenvalue weighted by molar-refractivity contribution is -0.141. The Hall–Kier alpha value is -2.56. The number of carbonyl (C=O) groups is 2. The first-order valence-electron chi connectivity index (χ1n) is 6.10. The van der Waals surface area contributed by atoms with Crippen LogP contribution in [0.4, 0.5) is 0 Å². The van der Waals surface area contributed by atoms with E-state index in [2.05, 4.69) is 5.32 Å². The number of carboxylic acid groups (broad SMARTS) is 1. The second-order valence-corrected chi connectivity index (χ2v) is 4.37. The molecule has 104 valence electrons. The predicted octanol–water partition coefficient (Wildman–Crippen LogP) is 2.11. The van der Waals surface area contributed by atoms with Crippen molar-refractivity contribution < 1.29 is 19.4 Å². The molecular formula is C15H15NO4. The van der Waals surface area contributed by atoms with Crippen LogP contribution in [0, 0.1) is 0 Å². The number of aliphatic carboxylic acids is 1. The number of benzene rings is 2. The summed E-state index contributed by atoms with van der Waals surface area (Å²) >= 11 is 0. The quantitative estimate of drug-likeness (QED) is 0.894. The van der Waals surface area contributed by atoms with Crippen LogP contribution < -0.4 is 10.1 Å². The van der Waals surface area contributed by atoms with Gasteiger partial charge in [-0.15, -0.1) is 0 Å². The smallest absolute Gasteiger partial charge is 0.331 e. The minimum absolute atomic E-state index is 0.410.